The molecule has 1 aliphatic rings. The molecular formula is C16H19FO5. The molecule has 0 saturated carbocycles. The van der Waals surface area contributed by atoms with Crippen LogP contribution in [-0.2, 0) is 15.9 Å². The Morgan fingerprint density at radius 3 is 2.77 bits per heavy atom. The third-order valence-electron chi connectivity index (χ3n) is 4.00. The fourth-order valence-electron chi connectivity index (χ4n) is 2.68. The minimum atomic E-state index is -0.791. The van der Waals surface area contributed by atoms with Gasteiger partial charge in [0.15, 0.2) is 17.7 Å². The van der Waals surface area contributed by atoms with Gasteiger partial charge in [0.2, 0.25) is 0 Å². The van der Waals surface area contributed by atoms with Gasteiger partial charge in [-0.3, -0.25) is 0 Å². The number of fused-ring (bicyclic) bond motifs is 1. The molecule has 1 aromatic heterocycles. The Balaban J connectivity index is 1.98. The Morgan fingerprint density at radius 2 is 2.09 bits per heavy atom. The van der Waals surface area contributed by atoms with Gasteiger partial charge in [-0.15, -0.1) is 0 Å². The van der Waals surface area contributed by atoms with Crippen LogP contribution in [0.5, 0.6) is 0 Å². The first-order chi connectivity index (χ1) is 10.6. The second kappa shape index (κ2) is 6.34. The van der Waals surface area contributed by atoms with Crippen LogP contribution in [0.4, 0.5) is 4.39 Å². The fraction of sp³-hybridized carbons (Fsp3) is 0.500. The van der Waals surface area contributed by atoms with Crippen LogP contribution < -0.4 is 0 Å². The van der Waals surface area contributed by atoms with Crippen LogP contribution in [0.3, 0.4) is 0 Å². The minimum Gasteiger partial charge on any atom is -0.461 e. The van der Waals surface area contributed by atoms with Gasteiger partial charge in [0.1, 0.15) is 0 Å². The van der Waals surface area contributed by atoms with Crippen LogP contribution in [0.1, 0.15) is 29.4 Å². The normalized spacial score (nSPS) is 17.5. The lowest BCUT2D eigenvalue weighted by molar-refractivity contribution is -0.0446. The molecule has 120 valence electrons. The van der Waals surface area contributed by atoms with Gasteiger partial charge in [0.05, 0.1) is 32.2 Å². The third-order valence-corrected chi connectivity index (χ3v) is 4.00. The molecule has 0 spiro atoms. The van der Waals surface area contributed by atoms with Gasteiger partial charge < -0.3 is 24.1 Å². The maximum absolute atomic E-state index is 14.5. The molecule has 0 amide bonds. The smallest absolute Gasteiger partial charge is 0.184 e. The Hall–Kier alpha value is -1.47. The largest absolute Gasteiger partial charge is 0.461 e. The van der Waals surface area contributed by atoms with Crippen molar-refractivity contribution in [2.24, 2.45) is 0 Å². The highest BCUT2D eigenvalue weighted by atomic mass is 19.1. The van der Waals surface area contributed by atoms with E-state index in [2.05, 4.69) is 0 Å². The number of benzene rings is 1. The van der Waals surface area contributed by atoms with Crippen molar-refractivity contribution in [3.63, 3.8) is 0 Å². The second-order valence-electron chi connectivity index (χ2n) is 5.49. The first kappa shape index (κ1) is 15.4. The lowest BCUT2D eigenvalue weighted by Crippen LogP contribution is -2.12. The molecule has 0 bridgehead atoms. The molecule has 6 heteroatoms. The number of hydrogen-bond donors (Lipinski definition) is 2. The molecule has 1 saturated heterocycles. The van der Waals surface area contributed by atoms with E-state index in [0.29, 0.717) is 42.6 Å². The van der Waals surface area contributed by atoms with Gasteiger partial charge in [0, 0.05) is 10.9 Å². The summed E-state index contributed by atoms with van der Waals surface area (Å²) in [6, 6.07) is 1.83. The Bertz CT molecular complexity index is 660. The van der Waals surface area contributed by atoms with Crippen molar-refractivity contribution in [1.29, 1.82) is 0 Å². The number of aliphatic hydroxyl groups is 2. The Labute approximate surface area is 127 Å². The van der Waals surface area contributed by atoms with E-state index in [1.807, 2.05) is 6.07 Å². The van der Waals surface area contributed by atoms with Crippen LogP contribution in [0.2, 0.25) is 0 Å². The van der Waals surface area contributed by atoms with Crippen molar-refractivity contribution in [1.82, 2.24) is 0 Å². The zero-order valence-electron chi connectivity index (χ0n) is 12.3. The molecule has 0 radical (unpaired) electrons. The molecule has 0 unspecified atom stereocenters. The molecular weight excluding hydrogens is 291 g/mol. The number of aryl methyl sites for hydroxylation is 1. The summed E-state index contributed by atoms with van der Waals surface area (Å²) in [5, 5.41) is 19.0. The van der Waals surface area contributed by atoms with E-state index in [1.165, 1.54) is 6.26 Å². The van der Waals surface area contributed by atoms with E-state index in [4.69, 9.17) is 19.0 Å². The van der Waals surface area contributed by atoms with Gasteiger partial charge in [-0.25, -0.2) is 4.39 Å². The number of rotatable bonds is 5. The number of furan rings is 1. The van der Waals surface area contributed by atoms with E-state index < -0.39 is 18.2 Å². The van der Waals surface area contributed by atoms with E-state index in [9.17, 15) is 9.50 Å². The number of hydrogen-bond acceptors (Lipinski definition) is 5. The Morgan fingerprint density at radius 1 is 1.36 bits per heavy atom. The summed E-state index contributed by atoms with van der Waals surface area (Å²) in [6.45, 7) is 2.36. The highest BCUT2D eigenvalue weighted by Gasteiger charge is 2.25. The van der Waals surface area contributed by atoms with Gasteiger partial charge in [-0.05, 0) is 37.0 Å². The predicted octanol–water partition coefficient (Wildman–Crippen LogP) is 2.21. The van der Waals surface area contributed by atoms with Crippen molar-refractivity contribution in [3.05, 3.63) is 34.8 Å². The summed E-state index contributed by atoms with van der Waals surface area (Å²) < 4.78 is 30.8. The topological polar surface area (TPSA) is 72.1 Å². The molecule has 5 nitrogen and oxygen atoms in total. The molecule has 2 aromatic rings. The molecule has 2 heterocycles. The standard InChI is InChI=1S/C16H19FO5/c1-9-12(16-20-4-5-21-16)6-13-10(2-3-11(19)7-18)8-22-15(13)14(9)17/h6,8,11,16,18-19H,2-5,7H2,1H3/t11-/m0/s1. The summed E-state index contributed by atoms with van der Waals surface area (Å²) in [5.74, 6) is -0.416. The number of halogens is 1. The predicted molar refractivity (Wildman–Crippen MR) is 77.0 cm³/mol. The van der Waals surface area contributed by atoms with Crippen molar-refractivity contribution < 1.29 is 28.5 Å². The van der Waals surface area contributed by atoms with E-state index in [0.717, 1.165) is 5.56 Å². The molecule has 0 aliphatic carbocycles. The molecule has 1 atom stereocenters. The summed E-state index contributed by atoms with van der Waals surface area (Å²) in [5.41, 5.74) is 2.11. The van der Waals surface area contributed by atoms with E-state index in [1.54, 1.807) is 6.92 Å². The van der Waals surface area contributed by atoms with Crippen LogP contribution in [-0.4, -0.2) is 36.1 Å². The first-order valence-electron chi connectivity index (χ1n) is 7.33. The average Bonchev–Trinajstić information content (AvgIpc) is 3.17. The van der Waals surface area contributed by atoms with Crippen molar-refractivity contribution in [3.8, 4) is 0 Å². The van der Waals surface area contributed by atoms with Crippen LogP contribution >= 0.6 is 0 Å². The van der Waals surface area contributed by atoms with Gasteiger partial charge in [0.25, 0.3) is 0 Å². The lowest BCUT2D eigenvalue weighted by Gasteiger charge is -2.13. The van der Waals surface area contributed by atoms with Gasteiger partial charge in [-0.2, -0.15) is 0 Å². The average molecular weight is 310 g/mol. The summed E-state index contributed by atoms with van der Waals surface area (Å²) >= 11 is 0. The van der Waals surface area contributed by atoms with Gasteiger partial charge in [-0.1, -0.05) is 0 Å². The zero-order chi connectivity index (χ0) is 15.7. The minimum absolute atomic E-state index is 0.202. The van der Waals surface area contributed by atoms with Crippen LogP contribution in [0.15, 0.2) is 16.7 Å². The van der Waals surface area contributed by atoms with Crippen molar-refractivity contribution >= 4 is 11.0 Å². The maximum atomic E-state index is 14.5. The SMILES string of the molecule is Cc1c(C2OCCO2)cc2c(CC[C@H](O)CO)coc2c1F. The zero-order valence-corrected chi connectivity index (χ0v) is 12.3. The highest BCUT2D eigenvalue weighted by molar-refractivity contribution is 5.83. The third kappa shape index (κ3) is 2.75. The molecule has 1 aliphatic heterocycles. The molecule has 2 N–H and O–H groups in total. The van der Waals surface area contributed by atoms with E-state index >= 15 is 0 Å². The summed E-state index contributed by atoms with van der Waals surface area (Å²) in [6.07, 6.45) is 1.03. The van der Waals surface area contributed by atoms with E-state index in [-0.39, 0.29) is 12.2 Å². The van der Waals surface area contributed by atoms with Gasteiger partial charge >= 0.3 is 0 Å². The quantitative estimate of drug-likeness (QED) is 0.886. The Kier molecular flexibility index (Phi) is 4.44. The molecule has 1 fully saturated rings. The first-order valence-corrected chi connectivity index (χ1v) is 7.33. The molecule has 1 aromatic carbocycles. The van der Waals surface area contributed by atoms with Crippen LogP contribution in [0.25, 0.3) is 11.0 Å². The fourth-order valence-corrected chi connectivity index (χ4v) is 2.68. The lowest BCUT2D eigenvalue weighted by atomic mass is 10.0. The molecule has 3 rings (SSSR count). The second-order valence-corrected chi connectivity index (χ2v) is 5.49. The summed E-state index contributed by atoms with van der Waals surface area (Å²) in [4.78, 5) is 0. The number of aliphatic hydroxyl groups excluding tert-OH is 2. The monoisotopic (exact) mass is 310 g/mol. The van der Waals surface area contributed by atoms with Crippen LogP contribution in [0, 0.1) is 12.7 Å². The maximum Gasteiger partial charge on any atom is 0.184 e. The highest BCUT2D eigenvalue weighted by Crippen LogP contribution is 2.34. The van der Waals surface area contributed by atoms with Crippen molar-refractivity contribution in [2.45, 2.75) is 32.2 Å². The number of ether oxygens (including phenoxy) is 2. The molecule has 22 heavy (non-hydrogen) atoms. The summed E-state index contributed by atoms with van der Waals surface area (Å²) in [7, 11) is 0. The van der Waals surface area contributed by atoms with Crippen molar-refractivity contribution in [2.75, 3.05) is 19.8 Å².